The zero-order valence-corrected chi connectivity index (χ0v) is 11.1. The van der Waals surface area contributed by atoms with Crippen molar-refractivity contribution in [2.24, 2.45) is 0 Å². The van der Waals surface area contributed by atoms with Crippen LogP contribution in [-0.2, 0) is 4.79 Å². The number of aromatic amines is 1. The zero-order valence-electron chi connectivity index (χ0n) is 11.1. The number of aromatic nitrogens is 2. The molecule has 0 bridgehead atoms. The number of nitrogens with one attached hydrogen (secondary N) is 2. The van der Waals surface area contributed by atoms with Gasteiger partial charge in [0.1, 0.15) is 0 Å². The molecule has 0 spiro atoms. The number of nitrogens with two attached hydrogens (primary N) is 1. The van der Waals surface area contributed by atoms with Crippen molar-refractivity contribution >= 4 is 39.8 Å². The van der Waals surface area contributed by atoms with Crippen LogP contribution >= 0.6 is 0 Å². The van der Waals surface area contributed by atoms with Gasteiger partial charge in [-0.2, -0.15) is 5.10 Å². The first kappa shape index (κ1) is 11.7. The topological polar surface area (TPSA) is 83.8 Å². The van der Waals surface area contributed by atoms with Crippen molar-refractivity contribution in [2.75, 3.05) is 11.1 Å². The minimum absolute atomic E-state index is 0.132. The minimum Gasteiger partial charge on any atom is -0.397 e. The largest absolute Gasteiger partial charge is 0.397 e. The summed E-state index contributed by atoms with van der Waals surface area (Å²) < 4.78 is 0. The van der Waals surface area contributed by atoms with Crippen molar-refractivity contribution < 1.29 is 4.79 Å². The Hall–Kier alpha value is -3.08. The van der Waals surface area contributed by atoms with Gasteiger partial charge >= 0.3 is 0 Å². The van der Waals surface area contributed by atoms with Gasteiger partial charge in [-0.15, -0.1) is 0 Å². The Bertz CT molecular complexity index is 908. The van der Waals surface area contributed by atoms with Crippen LogP contribution in [0.2, 0.25) is 0 Å². The number of nitrogen functional groups attached to an aromatic ring is 1. The van der Waals surface area contributed by atoms with Crippen molar-refractivity contribution in [2.45, 2.75) is 0 Å². The summed E-state index contributed by atoms with van der Waals surface area (Å²) in [5, 5.41) is 10.8. The van der Waals surface area contributed by atoms with E-state index in [2.05, 4.69) is 15.5 Å². The lowest BCUT2D eigenvalue weighted by molar-refractivity contribution is -0.110. The number of para-hydroxylation sites is 1. The first-order valence-corrected chi connectivity index (χ1v) is 6.57. The molecule has 1 aliphatic rings. The second-order valence-electron chi connectivity index (χ2n) is 5.00. The highest BCUT2D eigenvalue weighted by Gasteiger charge is 2.25. The molecule has 0 aliphatic carbocycles. The van der Waals surface area contributed by atoms with Crippen LogP contribution in [0.4, 0.5) is 11.4 Å². The van der Waals surface area contributed by atoms with E-state index in [0.717, 1.165) is 22.0 Å². The van der Waals surface area contributed by atoms with Crippen LogP contribution in [0.15, 0.2) is 42.6 Å². The molecule has 1 aromatic heterocycles. The molecule has 5 nitrogen and oxygen atoms in total. The van der Waals surface area contributed by atoms with Crippen LogP contribution in [0.5, 0.6) is 0 Å². The Balaban J connectivity index is 1.86. The number of rotatable bonds is 1. The summed E-state index contributed by atoms with van der Waals surface area (Å²) in [6.45, 7) is 0. The number of benzene rings is 2. The number of nitrogens with zero attached hydrogens (tertiary/aromatic N) is 1. The molecule has 102 valence electrons. The fourth-order valence-electron chi connectivity index (χ4n) is 2.59. The van der Waals surface area contributed by atoms with Gasteiger partial charge < -0.3 is 11.1 Å². The van der Waals surface area contributed by atoms with Gasteiger partial charge in [-0.25, -0.2) is 0 Å². The first-order valence-electron chi connectivity index (χ1n) is 6.57. The zero-order chi connectivity index (χ0) is 14.4. The molecular weight excluding hydrogens is 264 g/mol. The SMILES string of the molecule is Nc1cccc2c1NC(=O)/C2=C/c1ccc2cn[nH]c2c1. The molecule has 4 N–H and O–H groups in total. The van der Waals surface area contributed by atoms with E-state index in [-0.39, 0.29) is 5.91 Å². The van der Waals surface area contributed by atoms with E-state index in [0.29, 0.717) is 16.9 Å². The number of hydrogen-bond donors (Lipinski definition) is 3. The number of carbonyl (C=O) groups is 1. The molecule has 0 atom stereocenters. The van der Waals surface area contributed by atoms with Crippen LogP contribution in [0.3, 0.4) is 0 Å². The van der Waals surface area contributed by atoms with Gasteiger partial charge in [0.2, 0.25) is 0 Å². The lowest BCUT2D eigenvalue weighted by Gasteiger charge is -2.01. The third-order valence-corrected chi connectivity index (χ3v) is 3.65. The van der Waals surface area contributed by atoms with Gasteiger partial charge in [0.05, 0.1) is 23.1 Å². The summed E-state index contributed by atoms with van der Waals surface area (Å²) in [6.07, 6.45) is 3.63. The van der Waals surface area contributed by atoms with E-state index in [1.165, 1.54) is 0 Å². The fourth-order valence-corrected chi connectivity index (χ4v) is 2.59. The summed E-state index contributed by atoms with van der Waals surface area (Å²) in [5.41, 5.74) is 10.5. The van der Waals surface area contributed by atoms with E-state index in [1.54, 1.807) is 12.3 Å². The summed E-state index contributed by atoms with van der Waals surface area (Å²) in [6, 6.07) is 11.4. The predicted octanol–water partition coefficient (Wildman–Crippen LogP) is 2.64. The highest BCUT2D eigenvalue weighted by atomic mass is 16.2. The van der Waals surface area contributed by atoms with Crippen LogP contribution in [0.1, 0.15) is 11.1 Å². The van der Waals surface area contributed by atoms with Crippen LogP contribution < -0.4 is 11.1 Å². The van der Waals surface area contributed by atoms with Crippen molar-refractivity contribution in [3.63, 3.8) is 0 Å². The Labute approximate surface area is 120 Å². The molecule has 1 amide bonds. The molecule has 0 unspecified atom stereocenters. The lowest BCUT2D eigenvalue weighted by Crippen LogP contribution is -2.04. The Morgan fingerprint density at radius 3 is 3.00 bits per heavy atom. The maximum Gasteiger partial charge on any atom is 0.256 e. The van der Waals surface area contributed by atoms with Crippen LogP contribution in [-0.4, -0.2) is 16.1 Å². The van der Waals surface area contributed by atoms with Crippen molar-refractivity contribution in [3.05, 3.63) is 53.7 Å². The molecular formula is C16H12N4O. The van der Waals surface area contributed by atoms with E-state index in [1.807, 2.05) is 36.4 Å². The third kappa shape index (κ3) is 1.79. The second kappa shape index (κ2) is 4.21. The van der Waals surface area contributed by atoms with Crippen molar-refractivity contribution in [1.29, 1.82) is 0 Å². The Morgan fingerprint density at radius 2 is 2.10 bits per heavy atom. The average Bonchev–Trinajstić information content (AvgIpc) is 3.05. The third-order valence-electron chi connectivity index (χ3n) is 3.65. The second-order valence-corrected chi connectivity index (χ2v) is 5.00. The number of anilines is 2. The predicted molar refractivity (Wildman–Crippen MR) is 83.4 cm³/mol. The van der Waals surface area contributed by atoms with Gasteiger partial charge in [-0.3, -0.25) is 9.89 Å². The van der Waals surface area contributed by atoms with E-state index >= 15 is 0 Å². The highest BCUT2D eigenvalue weighted by Crippen LogP contribution is 2.37. The highest BCUT2D eigenvalue weighted by molar-refractivity contribution is 6.35. The summed E-state index contributed by atoms with van der Waals surface area (Å²) in [7, 11) is 0. The maximum absolute atomic E-state index is 12.1. The molecule has 0 fully saturated rings. The Kier molecular flexibility index (Phi) is 2.35. The standard InChI is InChI=1S/C16H12N4O/c17-13-3-1-2-11-12(16(21)19-15(11)13)6-9-4-5-10-8-18-20-14(10)7-9/h1-8H,17H2,(H,18,20)(H,19,21)/b12-6+. The van der Waals surface area contributed by atoms with Gasteiger partial charge in [0.15, 0.2) is 0 Å². The van der Waals surface area contributed by atoms with Crippen LogP contribution in [0, 0.1) is 0 Å². The monoisotopic (exact) mass is 276 g/mol. The molecule has 1 aliphatic heterocycles. The van der Waals surface area contributed by atoms with E-state index < -0.39 is 0 Å². The Morgan fingerprint density at radius 1 is 1.19 bits per heavy atom. The molecule has 2 heterocycles. The smallest absolute Gasteiger partial charge is 0.256 e. The molecule has 0 radical (unpaired) electrons. The first-order chi connectivity index (χ1) is 10.2. The van der Waals surface area contributed by atoms with E-state index in [9.17, 15) is 4.79 Å². The van der Waals surface area contributed by atoms with Gasteiger partial charge in [0, 0.05) is 16.5 Å². The average molecular weight is 276 g/mol. The maximum atomic E-state index is 12.1. The molecule has 5 heteroatoms. The molecule has 21 heavy (non-hydrogen) atoms. The lowest BCUT2D eigenvalue weighted by atomic mass is 10.0. The molecule has 4 rings (SSSR count). The summed E-state index contributed by atoms with van der Waals surface area (Å²) >= 11 is 0. The number of fused-ring (bicyclic) bond motifs is 2. The van der Waals surface area contributed by atoms with E-state index in [4.69, 9.17) is 5.73 Å². The minimum atomic E-state index is -0.132. The number of amides is 1. The summed E-state index contributed by atoms with van der Waals surface area (Å²) in [5.74, 6) is -0.132. The van der Waals surface area contributed by atoms with Gasteiger partial charge in [0.25, 0.3) is 5.91 Å². The quantitative estimate of drug-likeness (QED) is 0.472. The van der Waals surface area contributed by atoms with Crippen LogP contribution in [0.25, 0.3) is 22.6 Å². The molecule has 0 saturated heterocycles. The molecule has 2 aromatic carbocycles. The van der Waals surface area contributed by atoms with Crippen molar-refractivity contribution in [3.8, 4) is 0 Å². The number of carbonyl (C=O) groups excluding carboxylic acids is 1. The number of hydrogen-bond acceptors (Lipinski definition) is 3. The van der Waals surface area contributed by atoms with Gasteiger partial charge in [-0.05, 0) is 23.8 Å². The van der Waals surface area contributed by atoms with Crippen molar-refractivity contribution in [1.82, 2.24) is 10.2 Å². The van der Waals surface area contributed by atoms with Gasteiger partial charge in [-0.1, -0.05) is 24.3 Å². The normalized spacial score (nSPS) is 15.4. The fraction of sp³-hybridized carbons (Fsp3) is 0. The number of H-pyrrole nitrogens is 1. The summed E-state index contributed by atoms with van der Waals surface area (Å²) in [4.78, 5) is 12.1. The molecule has 0 saturated carbocycles. The molecule has 3 aromatic rings.